The molecule has 0 unspecified atom stereocenters. The van der Waals surface area contributed by atoms with Gasteiger partial charge in [-0.1, -0.05) is 38.0 Å². The minimum absolute atomic E-state index is 0.177. The van der Waals surface area contributed by atoms with E-state index in [4.69, 9.17) is 0 Å². The zero-order valence-electron chi connectivity index (χ0n) is 14.2. The molecule has 0 saturated carbocycles. The van der Waals surface area contributed by atoms with E-state index in [0.717, 1.165) is 24.9 Å². The summed E-state index contributed by atoms with van der Waals surface area (Å²) in [6.45, 7) is 2.73. The van der Waals surface area contributed by atoms with Crippen molar-refractivity contribution in [2.24, 2.45) is 0 Å². The molecule has 0 atom stereocenters. The maximum atomic E-state index is 12.6. The van der Waals surface area contributed by atoms with Crippen molar-refractivity contribution >= 4 is 17.5 Å². The highest BCUT2D eigenvalue weighted by atomic mass is 16.2. The van der Waals surface area contributed by atoms with E-state index in [1.807, 2.05) is 30.3 Å². The average Bonchev–Trinajstić information content (AvgIpc) is 2.64. The Morgan fingerprint density at radius 2 is 1.88 bits per heavy atom. The molecule has 5 heteroatoms. The zero-order valence-corrected chi connectivity index (χ0v) is 14.2. The summed E-state index contributed by atoms with van der Waals surface area (Å²) in [5.74, 6) is -0.424. The third-order valence-corrected chi connectivity index (χ3v) is 3.75. The van der Waals surface area contributed by atoms with Gasteiger partial charge in [-0.15, -0.1) is 0 Å². The smallest absolute Gasteiger partial charge is 0.269 e. The Morgan fingerprint density at radius 1 is 1.12 bits per heavy atom. The first kappa shape index (κ1) is 17.7. The van der Waals surface area contributed by atoms with Crippen LogP contribution in [0, 0.1) is 0 Å². The Labute approximate surface area is 142 Å². The number of hydrogen-bond acceptors (Lipinski definition) is 3. The van der Waals surface area contributed by atoms with Crippen molar-refractivity contribution in [3.05, 3.63) is 59.9 Å². The lowest BCUT2D eigenvalue weighted by atomic mass is 10.2. The quantitative estimate of drug-likeness (QED) is 0.795. The number of para-hydroxylation sites is 1. The second-order valence-corrected chi connectivity index (χ2v) is 5.59. The number of rotatable bonds is 7. The van der Waals surface area contributed by atoms with Crippen LogP contribution in [0.15, 0.2) is 48.7 Å². The van der Waals surface area contributed by atoms with Crippen molar-refractivity contribution in [1.82, 2.24) is 10.3 Å². The fraction of sp³-hybridized carbons (Fsp3) is 0.316. The number of pyridine rings is 1. The lowest BCUT2D eigenvalue weighted by Crippen LogP contribution is -2.28. The van der Waals surface area contributed by atoms with Gasteiger partial charge in [0.2, 0.25) is 0 Å². The molecule has 1 heterocycles. The van der Waals surface area contributed by atoms with E-state index in [1.165, 1.54) is 12.3 Å². The van der Waals surface area contributed by atoms with E-state index in [0.29, 0.717) is 12.1 Å². The van der Waals surface area contributed by atoms with Crippen LogP contribution >= 0.6 is 0 Å². The van der Waals surface area contributed by atoms with Gasteiger partial charge in [-0.05, 0) is 30.7 Å². The summed E-state index contributed by atoms with van der Waals surface area (Å²) >= 11 is 0. The number of hydrogen-bond donors (Lipinski definition) is 1. The molecular weight excluding hydrogens is 302 g/mol. The Hall–Kier alpha value is -2.69. The average molecular weight is 325 g/mol. The molecule has 1 N–H and O–H groups in total. The van der Waals surface area contributed by atoms with Crippen molar-refractivity contribution < 1.29 is 9.59 Å². The van der Waals surface area contributed by atoms with Crippen molar-refractivity contribution in [2.75, 3.05) is 18.5 Å². The number of nitrogens with zero attached hydrogens (tertiary/aromatic N) is 2. The molecule has 0 aliphatic heterocycles. The van der Waals surface area contributed by atoms with E-state index in [1.54, 1.807) is 18.0 Å². The molecular formula is C19H23N3O2. The summed E-state index contributed by atoms with van der Waals surface area (Å²) < 4.78 is 0. The molecule has 0 fully saturated rings. The fourth-order valence-corrected chi connectivity index (χ4v) is 2.32. The second kappa shape index (κ2) is 8.82. The number of amides is 2. The van der Waals surface area contributed by atoms with Gasteiger partial charge in [0.1, 0.15) is 5.69 Å². The summed E-state index contributed by atoms with van der Waals surface area (Å²) in [5.41, 5.74) is 1.50. The van der Waals surface area contributed by atoms with Crippen molar-refractivity contribution in [3.63, 3.8) is 0 Å². The van der Waals surface area contributed by atoms with Crippen LogP contribution in [0.3, 0.4) is 0 Å². The number of unbranched alkanes of at least 4 members (excludes halogenated alkanes) is 2. The van der Waals surface area contributed by atoms with E-state index >= 15 is 0 Å². The van der Waals surface area contributed by atoms with Gasteiger partial charge in [0.15, 0.2) is 0 Å². The molecule has 0 aliphatic carbocycles. The maximum Gasteiger partial charge on any atom is 0.269 e. The maximum absolute atomic E-state index is 12.6. The predicted molar refractivity (Wildman–Crippen MR) is 95.3 cm³/mol. The van der Waals surface area contributed by atoms with Gasteiger partial charge in [0, 0.05) is 31.0 Å². The summed E-state index contributed by atoms with van der Waals surface area (Å²) in [6.07, 6.45) is 4.61. The van der Waals surface area contributed by atoms with E-state index in [2.05, 4.69) is 17.2 Å². The summed E-state index contributed by atoms with van der Waals surface area (Å²) in [6, 6.07) is 12.5. The SMILES string of the molecule is CCCCCNC(=O)c1cc(C(=O)N(C)c2ccccc2)ccn1. The lowest BCUT2D eigenvalue weighted by Gasteiger charge is -2.17. The van der Waals surface area contributed by atoms with Crippen LogP contribution in [0.1, 0.15) is 47.0 Å². The van der Waals surface area contributed by atoms with Gasteiger partial charge in [-0.2, -0.15) is 0 Å². The van der Waals surface area contributed by atoms with E-state index < -0.39 is 0 Å². The van der Waals surface area contributed by atoms with Crippen molar-refractivity contribution in [3.8, 4) is 0 Å². The normalized spacial score (nSPS) is 10.2. The van der Waals surface area contributed by atoms with Crippen LogP contribution in [0.4, 0.5) is 5.69 Å². The molecule has 24 heavy (non-hydrogen) atoms. The Kier molecular flexibility index (Phi) is 6.49. The third-order valence-electron chi connectivity index (χ3n) is 3.75. The summed E-state index contributed by atoms with van der Waals surface area (Å²) in [7, 11) is 1.71. The molecule has 0 aliphatic rings. The molecule has 2 amide bonds. The molecule has 0 spiro atoms. The number of carbonyl (C=O) groups is 2. The largest absolute Gasteiger partial charge is 0.351 e. The standard InChI is InChI=1S/C19H23N3O2/c1-3-4-8-12-21-18(23)17-14-15(11-13-20-17)19(24)22(2)16-9-6-5-7-10-16/h5-7,9-11,13-14H,3-4,8,12H2,1-2H3,(H,21,23). The molecule has 2 rings (SSSR count). The van der Waals surface area contributed by atoms with Crippen LogP contribution in [0.2, 0.25) is 0 Å². The van der Waals surface area contributed by atoms with Crippen LogP contribution in [0.5, 0.6) is 0 Å². The first-order valence-corrected chi connectivity index (χ1v) is 8.21. The Balaban J connectivity index is 2.06. The first-order chi connectivity index (χ1) is 11.6. The van der Waals surface area contributed by atoms with E-state index in [9.17, 15) is 9.59 Å². The highest BCUT2D eigenvalue weighted by Gasteiger charge is 2.16. The number of nitrogens with one attached hydrogen (secondary N) is 1. The van der Waals surface area contributed by atoms with Gasteiger partial charge >= 0.3 is 0 Å². The van der Waals surface area contributed by atoms with Gasteiger partial charge in [0.05, 0.1) is 0 Å². The molecule has 5 nitrogen and oxygen atoms in total. The van der Waals surface area contributed by atoms with E-state index in [-0.39, 0.29) is 17.5 Å². The van der Waals surface area contributed by atoms with Gasteiger partial charge in [-0.3, -0.25) is 14.6 Å². The van der Waals surface area contributed by atoms with Gasteiger partial charge in [-0.25, -0.2) is 0 Å². The molecule has 126 valence electrons. The second-order valence-electron chi connectivity index (χ2n) is 5.59. The number of aromatic nitrogens is 1. The topological polar surface area (TPSA) is 62.3 Å². The van der Waals surface area contributed by atoms with Crippen LogP contribution in [-0.4, -0.2) is 30.4 Å². The van der Waals surface area contributed by atoms with Crippen LogP contribution in [-0.2, 0) is 0 Å². The van der Waals surface area contributed by atoms with Crippen LogP contribution in [0.25, 0.3) is 0 Å². The highest BCUT2D eigenvalue weighted by Crippen LogP contribution is 2.15. The van der Waals surface area contributed by atoms with Crippen molar-refractivity contribution in [1.29, 1.82) is 0 Å². The van der Waals surface area contributed by atoms with Crippen molar-refractivity contribution in [2.45, 2.75) is 26.2 Å². The minimum Gasteiger partial charge on any atom is -0.351 e. The molecule has 0 radical (unpaired) electrons. The first-order valence-electron chi connectivity index (χ1n) is 8.21. The lowest BCUT2D eigenvalue weighted by molar-refractivity contribution is 0.0948. The number of benzene rings is 1. The third kappa shape index (κ3) is 4.65. The van der Waals surface area contributed by atoms with Gasteiger partial charge in [0.25, 0.3) is 11.8 Å². The summed E-state index contributed by atoms with van der Waals surface area (Å²) in [4.78, 5) is 30.3. The van der Waals surface area contributed by atoms with Gasteiger partial charge < -0.3 is 10.2 Å². The molecule has 2 aromatic rings. The predicted octanol–water partition coefficient (Wildman–Crippen LogP) is 3.28. The minimum atomic E-state index is -0.247. The summed E-state index contributed by atoms with van der Waals surface area (Å²) in [5, 5.41) is 2.83. The number of carbonyl (C=O) groups excluding carboxylic acids is 2. The molecule has 1 aromatic heterocycles. The van der Waals surface area contributed by atoms with Crippen LogP contribution < -0.4 is 10.2 Å². The Morgan fingerprint density at radius 3 is 2.58 bits per heavy atom. The Bertz CT molecular complexity index is 686. The number of anilines is 1. The molecule has 1 aromatic carbocycles. The molecule has 0 saturated heterocycles. The zero-order chi connectivity index (χ0) is 17.4. The highest BCUT2D eigenvalue weighted by molar-refractivity contribution is 6.06. The molecule has 0 bridgehead atoms. The monoisotopic (exact) mass is 325 g/mol. The fourth-order valence-electron chi connectivity index (χ4n) is 2.32.